The molecule has 0 amide bonds. The van der Waals surface area contributed by atoms with Gasteiger partial charge in [0, 0.05) is 31.1 Å². The van der Waals surface area contributed by atoms with Gasteiger partial charge in [0.05, 0.1) is 5.69 Å². The average molecular weight is 504 g/mol. The summed E-state index contributed by atoms with van der Waals surface area (Å²) >= 11 is 0. The van der Waals surface area contributed by atoms with E-state index in [0.29, 0.717) is 28.9 Å². The van der Waals surface area contributed by atoms with Gasteiger partial charge in [0.25, 0.3) is 0 Å². The Morgan fingerprint density at radius 2 is 1.89 bits per heavy atom. The van der Waals surface area contributed by atoms with Crippen LogP contribution < -0.4 is 15.0 Å². The lowest BCUT2D eigenvalue weighted by Gasteiger charge is -2.47. The molecule has 1 saturated carbocycles. The van der Waals surface area contributed by atoms with Gasteiger partial charge in [-0.05, 0) is 30.9 Å². The van der Waals surface area contributed by atoms with E-state index in [2.05, 4.69) is 25.5 Å². The molecule has 2 fully saturated rings. The van der Waals surface area contributed by atoms with Gasteiger partial charge < -0.3 is 19.5 Å². The molecule has 1 unspecified atom stereocenters. The minimum Gasteiger partial charge on any atom is -0.480 e. The quantitative estimate of drug-likeness (QED) is 0.493. The van der Waals surface area contributed by atoms with Crippen molar-refractivity contribution in [2.75, 3.05) is 29.9 Å². The Kier molecular flexibility index (Phi) is 5.51. The third-order valence-corrected chi connectivity index (χ3v) is 6.71. The number of aromatic nitrogens is 4. The van der Waals surface area contributed by atoms with Crippen LogP contribution in [-0.2, 0) is 6.18 Å². The summed E-state index contributed by atoms with van der Waals surface area (Å²) in [6, 6.07) is 3.17. The standard InChI is InChI=1S/C21H22F6N6O2/c1-3-11-12-7-32(16-6-10(2)31-35-16)8-13(12)17(11)28-19-29-18-14(34-9-20(22,23)24)4-5-15(21(25,26)27)33(18)30-19/h4-6,11-13,17H,3,7-9H2,1-2H3,(H,28,30)/t11-,12?,13-,17-/m1/s1. The summed E-state index contributed by atoms with van der Waals surface area (Å²) in [5, 5.41) is 11.0. The number of hydrogen-bond acceptors (Lipinski definition) is 7. The number of halogens is 6. The molecule has 8 nitrogen and oxygen atoms in total. The zero-order valence-electron chi connectivity index (χ0n) is 18.7. The fraction of sp³-hybridized carbons (Fsp3) is 0.571. The Morgan fingerprint density at radius 1 is 1.14 bits per heavy atom. The molecule has 2 aliphatic rings. The van der Waals surface area contributed by atoms with Crippen molar-refractivity contribution in [1.29, 1.82) is 0 Å². The van der Waals surface area contributed by atoms with Gasteiger partial charge in [-0.2, -0.15) is 31.3 Å². The fourth-order valence-electron chi connectivity index (χ4n) is 5.21. The summed E-state index contributed by atoms with van der Waals surface area (Å²) in [6.45, 7) is 3.62. The first-order valence-corrected chi connectivity index (χ1v) is 11.1. The van der Waals surface area contributed by atoms with Crippen LogP contribution in [0.1, 0.15) is 24.7 Å². The largest absolute Gasteiger partial charge is 0.480 e. The third-order valence-electron chi connectivity index (χ3n) is 6.71. The molecule has 1 aliphatic heterocycles. The number of aryl methyl sites for hydroxylation is 1. The second-order valence-electron chi connectivity index (χ2n) is 8.94. The highest BCUT2D eigenvalue weighted by molar-refractivity contribution is 5.57. The van der Waals surface area contributed by atoms with Gasteiger partial charge >= 0.3 is 12.4 Å². The zero-order chi connectivity index (χ0) is 25.1. The molecule has 4 heterocycles. The highest BCUT2D eigenvalue weighted by atomic mass is 19.4. The van der Waals surface area contributed by atoms with Gasteiger partial charge in [-0.15, -0.1) is 5.10 Å². The SMILES string of the molecule is CC[C@@H]1C2CN(c3cc(C)no3)C[C@H]2[C@@H]1Nc1nc2c(OCC(F)(F)F)ccc(C(F)(F)F)n2n1. The predicted molar refractivity (Wildman–Crippen MR) is 111 cm³/mol. The number of fused-ring (bicyclic) bond motifs is 2. The van der Waals surface area contributed by atoms with E-state index < -0.39 is 36.1 Å². The molecular weight excluding hydrogens is 482 g/mol. The molecule has 1 N–H and O–H groups in total. The second kappa shape index (κ2) is 8.19. The van der Waals surface area contributed by atoms with E-state index in [1.807, 2.05) is 19.9 Å². The smallest absolute Gasteiger partial charge is 0.433 e. The van der Waals surface area contributed by atoms with Crippen molar-refractivity contribution in [3.8, 4) is 5.75 Å². The Hall–Kier alpha value is -3.19. The van der Waals surface area contributed by atoms with Gasteiger partial charge in [-0.25, -0.2) is 4.52 Å². The zero-order valence-corrected chi connectivity index (χ0v) is 18.7. The van der Waals surface area contributed by atoms with Gasteiger partial charge in [0.15, 0.2) is 18.0 Å². The van der Waals surface area contributed by atoms with Gasteiger partial charge in [0.2, 0.25) is 11.8 Å². The van der Waals surface area contributed by atoms with Crippen LogP contribution in [0.3, 0.4) is 0 Å². The number of rotatable bonds is 6. The summed E-state index contributed by atoms with van der Waals surface area (Å²) in [5.41, 5.74) is -0.849. The molecule has 0 aromatic carbocycles. The van der Waals surface area contributed by atoms with Crippen molar-refractivity contribution in [1.82, 2.24) is 19.8 Å². The summed E-state index contributed by atoms with van der Waals surface area (Å²) in [5.74, 6) is 0.842. The molecule has 3 aromatic rings. The van der Waals surface area contributed by atoms with E-state index in [4.69, 9.17) is 9.26 Å². The Bertz CT molecular complexity index is 1220. The molecule has 4 atom stereocenters. The van der Waals surface area contributed by atoms with Gasteiger partial charge in [-0.3, -0.25) is 0 Å². The first-order chi connectivity index (χ1) is 16.4. The summed E-state index contributed by atoms with van der Waals surface area (Å²) in [6.07, 6.45) is -8.63. The summed E-state index contributed by atoms with van der Waals surface area (Å²) in [4.78, 5) is 6.16. The van der Waals surface area contributed by atoms with Crippen molar-refractivity contribution in [2.24, 2.45) is 17.8 Å². The van der Waals surface area contributed by atoms with E-state index in [-0.39, 0.29) is 23.8 Å². The topological polar surface area (TPSA) is 80.7 Å². The van der Waals surface area contributed by atoms with E-state index >= 15 is 0 Å². The van der Waals surface area contributed by atoms with E-state index in [1.165, 1.54) is 0 Å². The molecule has 0 bridgehead atoms. The maximum Gasteiger partial charge on any atom is 0.433 e. The Labute approximate surface area is 195 Å². The first-order valence-electron chi connectivity index (χ1n) is 11.1. The van der Waals surface area contributed by atoms with Crippen LogP contribution >= 0.6 is 0 Å². The number of pyridine rings is 1. The molecule has 0 spiro atoms. The summed E-state index contributed by atoms with van der Waals surface area (Å²) in [7, 11) is 0. The van der Waals surface area contributed by atoms with Crippen LogP contribution in [0.2, 0.25) is 0 Å². The van der Waals surface area contributed by atoms with Crippen molar-refractivity contribution < 1.29 is 35.6 Å². The van der Waals surface area contributed by atoms with Crippen molar-refractivity contribution in [3.63, 3.8) is 0 Å². The average Bonchev–Trinajstić information content (AvgIpc) is 3.46. The molecule has 5 rings (SSSR count). The van der Waals surface area contributed by atoms with Crippen LogP contribution in [0, 0.1) is 24.7 Å². The monoisotopic (exact) mass is 504 g/mol. The number of nitrogens with zero attached hydrogens (tertiary/aromatic N) is 5. The minimum atomic E-state index is -4.79. The van der Waals surface area contributed by atoms with Crippen LogP contribution in [0.4, 0.5) is 38.2 Å². The lowest BCUT2D eigenvalue weighted by atomic mass is 9.61. The molecule has 3 aromatic heterocycles. The van der Waals surface area contributed by atoms with E-state index in [0.717, 1.165) is 24.7 Å². The molecule has 35 heavy (non-hydrogen) atoms. The Balaban J connectivity index is 1.41. The van der Waals surface area contributed by atoms with Crippen LogP contribution in [-0.4, -0.2) is 51.7 Å². The molecule has 0 radical (unpaired) electrons. The number of alkyl halides is 6. The van der Waals surface area contributed by atoms with Crippen LogP contribution in [0.5, 0.6) is 5.75 Å². The first kappa shape index (κ1) is 23.5. The molecular formula is C21H22F6N6O2. The minimum absolute atomic E-state index is 0.102. The maximum absolute atomic E-state index is 13.5. The van der Waals surface area contributed by atoms with E-state index in [1.54, 1.807) is 0 Å². The molecule has 190 valence electrons. The highest BCUT2D eigenvalue weighted by Gasteiger charge is 2.54. The number of hydrogen-bond donors (Lipinski definition) is 1. The number of anilines is 2. The van der Waals surface area contributed by atoms with Crippen LogP contribution in [0.25, 0.3) is 5.65 Å². The van der Waals surface area contributed by atoms with Crippen molar-refractivity contribution in [2.45, 2.75) is 38.7 Å². The van der Waals surface area contributed by atoms with Gasteiger partial charge in [0.1, 0.15) is 5.69 Å². The molecule has 14 heteroatoms. The number of nitrogens with one attached hydrogen (secondary N) is 1. The maximum atomic E-state index is 13.5. The number of ether oxygens (including phenoxy) is 1. The summed E-state index contributed by atoms with van der Waals surface area (Å²) < 4.78 is 89.0. The fourth-order valence-corrected chi connectivity index (χ4v) is 5.21. The van der Waals surface area contributed by atoms with Crippen molar-refractivity contribution in [3.05, 3.63) is 29.6 Å². The Morgan fingerprint density at radius 3 is 2.51 bits per heavy atom. The predicted octanol–water partition coefficient (Wildman–Crippen LogP) is 4.56. The normalized spacial score (nSPS) is 24.5. The molecule has 1 aliphatic carbocycles. The van der Waals surface area contributed by atoms with Gasteiger partial charge in [-0.1, -0.05) is 18.5 Å². The van der Waals surface area contributed by atoms with Crippen molar-refractivity contribution >= 4 is 17.5 Å². The lowest BCUT2D eigenvalue weighted by molar-refractivity contribution is -0.153. The highest BCUT2D eigenvalue weighted by Crippen LogP contribution is 2.49. The van der Waals surface area contributed by atoms with E-state index in [9.17, 15) is 26.3 Å². The third kappa shape index (κ3) is 4.33. The second-order valence-corrected chi connectivity index (χ2v) is 8.94. The lowest BCUT2D eigenvalue weighted by Crippen LogP contribution is -2.54. The molecule has 1 saturated heterocycles. The van der Waals surface area contributed by atoms with Crippen LogP contribution in [0.15, 0.2) is 22.7 Å².